The van der Waals surface area contributed by atoms with Gasteiger partial charge >= 0.3 is 0 Å². The summed E-state index contributed by atoms with van der Waals surface area (Å²) in [5, 5.41) is 0.338. The summed E-state index contributed by atoms with van der Waals surface area (Å²) in [4.78, 5) is 0.0786. The predicted octanol–water partition coefficient (Wildman–Crippen LogP) is 2.22. The van der Waals surface area contributed by atoms with E-state index in [4.69, 9.17) is 22.1 Å². The molecule has 1 fully saturated rings. The van der Waals surface area contributed by atoms with E-state index in [1.165, 1.54) is 17.5 Å². The van der Waals surface area contributed by atoms with Crippen molar-refractivity contribution in [2.24, 2.45) is 5.73 Å². The molecule has 20 heavy (non-hydrogen) atoms. The van der Waals surface area contributed by atoms with Crippen LogP contribution in [0.25, 0.3) is 0 Å². The normalized spacial score (nSPS) is 18.2. The molecule has 5 nitrogen and oxygen atoms in total. The lowest BCUT2D eigenvalue weighted by atomic mass is 10.1. The van der Waals surface area contributed by atoms with Gasteiger partial charge in [-0.25, -0.2) is 8.42 Å². The van der Waals surface area contributed by atoms with Gasteiger partial charge in [0, 0.05) is 24.2 Å². The zero-order valence-corrected chi connectivity index (χ0v) is 14.1. The van der Waals surface area contributed by atoms with Gasteiger partial charge in [0.2, 0.25) is 10.0 Å². The molecule has 0 aromatic heterocycles. The number of nitrogens with two attached hydrogens (primary N) is 1. The molecule has 1 aromatic carbocycles. The summed E-state index contributed by atoms with van der Waals surface area (Å²) in [6, 6.07) is 3.08. The molecular formula is C12H16BrClN2O3S. The minimum atomic E-state index is -3.63. The van der Waals surface area contributed by atoms with Crippen molar-refractivity contribution in [2.45, 2.75) is 23.8 Å². The van der Waals surface area contributed by atoms with Crippen LogP contribution in [-0.4, -0.2) is 39.0 Å². The molecule has 2 rings (SSSR count). The molecule has 0 saturated carbocycles. The first-order valence-corrected chi connectivity index (χ1v) is 8.76. The number of benzene rings is 1. The van der Waals surface area contributed by atoms with Crippen molar-refractivity contribution in [1.29, 1.82) is 0 Å². The number of sulfonamides is 1. The summed E-state index contributed by atoms with van der Waals surface area (Å²) in [5.74, 6) is 0.268. The summed E-state index contributed by atoms with van der Waals surface area (Å²) in [7, 11) is -2.21. The van der Waals surface area contributed by atoms with Gasteiger partial charge < -0.3 is 10.5 Å². The van der Waals surface area contributed by atoms with Crippen LogP contribution >= 0.6 is 27.5 Å². The lowest BCUT2D eigenvalue weighted by molar-refractivity contribution is 0.318. The van der Waals surface area contributed by atoms with E-state index in [1.54, 1.807) is 6.07 Å². The van der Waals surface area contributed by atoms with Crippen molar-refractivity contribution in [3.63, 3.8) is 0 Å². The number of rotatable bonds is 3. The molecule has 0 radical (unpaired) electrons. The van der Waals surface area contributed by atoms with E-state index in [0.717, 1.165) is 0 Å². The molecule has 1 saturated heterocycles. The van der Waals surface area contributed by atoms with Crippen molar-refractivity contribution in [2.75, 3.05) is 20.2 Å². The summed E-state index contributed by atoms with van der Waals surface area (Å²) < 4.78 is 32.5. The third kappa shape index (κ3) is 3.12. The van der Waals surface area contributed by atoms with Crippen LogP contribution in [0.3, 0.4) is 0 Å². The number of ether oxygens (including phenoxy) is 1. The zero-order chi connectivity index (χ0) is 14.9. The lowest BCUT2D eigenvalue weighted by Gasteiger charge is -2.29. The van der Waals surface area contributed by atoms with Gasteiger partial charge in [-0.3, -0.25) is 0 Å². The second-order valence-corrected chi connectivity index (χ2v) is 7.86. The van der Waals surface area contributed by atoms with Gasteiger partial charge in [0.25, 0.3) is 0 Å². The van der Waals surface area contributed by atoms with Gasteiger partial charge in [-0.05, 0) is 40.9 Å². The Kier molecular flexibility index (Phi) is 4.96. The molecule has 0 bridgehead atoms. The smallest absolute Gasteiger partial charge is 0.246 e. The van der Waals surface area contributed by atoms with Crippen LogP contribution in [0, 0.1) is 0 Å². The Morgan fingerprint density at radius 1 is 1.40 bits per heavy atom. The highest BCUT2D eigenvalue weighted by Gasteiger charge is 2.31. The van der Waals surface area contributed by atoms with Crippen molar-refractivity contribution in [1.82, 2.24) is 4.31 Å². The fraction of sp³-hybridized carbons (Fsp3) is 0.500. The number of nitrogens with zero attached hydrogens (tertiary/aromatic N) is 1. The summed E-state index contributed by atoms with van der Waals surface area (Å²) in [6.45, 7) is 0.827. The van der Waals surface area contributed by atoms with E-state index in [9.17, 15) is 8.42 Å². The third-order valence-electron chi connectivity index (χ3n) is 3.29. The average molecular weight is 384 g/mol. The molecule has 0 aliphatic carbocycles. The lowest BCUT2D eigenvalue weighted by Crippen LogP contribution is -2.42. The van der Waals surface area contributed by atoms with Crippen molar-refractivity contribution >= 4 is 37.6 Å². The van der Waals surface area contributed by atoms with Crippen molar-refractivity contribution < 1.29 is 13.2 Å². The van der Waals surface area contributed by atoms with E-state index in [-0.39, 0.29) is 16.7 Å². The van der Waals surface area contributed by atoms with E-state index in [1.807, 2.05) is 0 Å². The molecule has 1 aliphatic rings. The second-order valence-electron chi connectivity index (χ2n) is 4.66. The molecule has 0 amide bonds. The minimum absolute atomic E-state index is 0.0643. The maximum absolute atomic E-state index is 12.7. The van der Waals surface area contributed by atoms with Gasteiger partial charge in [-0.1, -0.05) is 11.6 Å². The Bertz CT molecular complexity index is 601. The third-order valence-corrected chi connectivity index (χ3v) is 6.01. The zero-order valence-electron chi connectivity index (χ0n) is 11.0. The first-order chi connectivity index (χ1) is 9.36. The number of halogens is 2. The highest BCUT2D eigenvalue weighted by molar-refractivity contribution is 9.10. The molecule has 2 N–H and O–H groups in total. The Labute approximate surface area is 132 Å². The maximum atomic E-state index is 12.7. The van der Waals surface area contributed by atoms with Gasteiger partial charge in [0.1, 0.15) is 4.90 Å². The summed E-state index contributed by atoms with van der Waals surface area (Å²) >= 11 is 9.23. The largest absolute Gasteiger partial charge is 0.494 e. The maximum Gasteiger partial charge on any atom is 0.246 e. The highest BCUT2D eigenvalue weighted by Crippen LogP contribution is 2.37. The topological polar surface area (TPSA) is 72.6 Å². The van der Waals surface area contributed by atoms with Crippen LogP contribution in [0.4, 0.5) is 0 Å². The fourth-order valence-corrected chi connectivity index (χ4v) is 5.02. The van der Waals surface area contributed by atoms with Crippen LogP contribution in [0.15, 0.2) is 21.5 Å². The quantitative estimate of drug-likeness (QED) is 0.868. The Hall–Kier alpha value is -0.340. The van der Waals surface area contributed by atoms with E-state index in [2.05, 4.69) is 15.9 Å². The summed E-state index contributed by atoms with van der Waals surface area (Å²) in [6.07, 6.45) is 1.31. The van der Waals surface area contributed by atoms with Crippen LogP contribution in [0.2, 0.25) is 5.02 Å². The van der Waals surface area contributed by atoms with Gasteiger partial charge in [0.05, 0.1) is 11.6 Å². The Morgan fingerprint density at radius 2 is 2.00 bits per heavy atom. The molecule has 8 heteroatoms. The van der Waals surface area contributed by atoms with Crippen LogP contribution < -0.4 is 10.5 Å². The Balaban J connectivity index is 2.44. The van der Waals surface area contributed by atoms with Gasteiger partial charge in [-0.2, -0.15) is 4.31 Å². The molecular weight excluding hydrogens is 368 g/mol. The van der Waals surface area contributed by atoms with E-state index < -0.39 is 10.0 Å². The first-order valence-electron chi connectivity index (χ1n) is 6.15. The number of methoxy groups -OCH3 is 1. The average Bonchev–Trinajstić information content (AvgIpc) is 2.38. The van der Waals surface area contributed by atoms with Gasteiger partial charge in [0.15, 0.2) is 5.75 Å². The number of hydrogen-bond donors (Lipinski definition) is 1. The number of piperidine rings is 1. The van der Waals surface area contributed by atoms with Crippen LogP contribution in [0.1, 0.15) is 12.8 Å². The minimum Gasteiger partial charge on any atom is -0.494 e. The first kappa shape index (κ1) is 16.0. The molecule has 0 spiro atoms. The second kappa shape index (κ2) is 6.19. The molecule has 1 heterocycles. The molecule has 0 unspecified atom stereocenters. The predicted molar refractivity (Wildman–Crippen MR) is 81.7 cm³/mol. The SMILES string of the molecule is COc1c(Br)cc(Cl)cc1S(=O)(=O)N1CCC(N)CC1. The molecule has 0 atom stereocenters. The molecule has 112 valence electrons. The standard InChI is InChI=1S/C12H16BrClN2O3S/c1-19-12-10(13)6-8(14)7-11(12)20(17,18)16-4-2-9(15)3-5-16/h6-7,9H,2-5,15H2,1H3. The fourth-order valence-electron chi connectivity index (χ4n) is 2.18. The Morgan fingerprint density at radius 3 is 2.55 bits per heavy atom. The van der Waals surface area contributed by atoms with Crippen LogP contribution in [0.5, 0.6) is 5.75 Å². The monoisotopic (exact) mass is 382 g/mol. The molecule has 1 aliphatic heterocycles. The highest BCUT2D eigenvalue weighted by atomic mass is 79.9. The van der Waals surface area contributed by atoms with Crippen molar-refractivity contribution in [3.05, 3.63) is 21.6 Å². The van der Waals surface area contributed by atoms with Gasteiger partial charge in [-0.15, -0.1) is 0 Å². The van der Waals surface area contributed by atoms with Crippen LogP contribution in [-0.2, 0) is 10.0 Å². The van der Waals surface area contributed by atoms with Crippen molar-refractivity contribution in [3.8, 4) is 5.75 Å². The van der Waals surface area contributed by atoms with E-state index >= 15 is 0 Å². The van der Waals surface area contributed by atoms with E-state index in [0.29, 0.717) is 35.4 Å². The number of hydrogen-bond acceptors (Lipinski definition) is 4. The summed E-state index contributed by atoms with van der Waals surface area (Å²) in [5.41, 5.74) is 5.81. The molecule has 1 aromatic rings.